The summed E-state index contributed by atoms with van der Waals surface area (Å²) in [5.41, 5.74) is 1.80. The fraction of sp³-hybridized carbons (Fsp3) is 0.294. The number of benzene rings is 4. The summed E-state index contributed by atoms with van der Waals surface area (Å²) in [6.45, 7) is -0.844. The van der Waals surface area contributed by atoms with Crippen molar-refractivity contribution in [3.63, 3.8) is 0 Å². The van der Waals surface area contributed by atoms with Crippen molar-refractivity contribution < 1.29 is 46.7 Å². The van der Waals surface area contributed by atoms with Crippen molar-refractivity contribution in [2.24, 2.45) is 0 Å². The van der Waals surface area contributed by atoms with Gasteiger partial charge in [0, 0.05) is 23.3 Å². The zero-order chi connectivity index (χ0) is 31.3. The molecule has 0 heterocycles. The van der Waals surface area contributed by atoms with Crippen LogP contribution in [0, 0.1) is 23.3 Å². The van der Waals surface area contributed by atoms with E-state index in [0.29, 0.717) is 0 Å². The first-order valence-corrected chi connectivity index (χ1v) is 14.0. The lowest BCUT2D eigenvalue weighted by atomic mass is 10.0. The van der Waals surface area contributed by atoms with E-state index >= 15 is 0 Å². The Hall–Kier alpha value is -3.64. The monoisotopic (exact) mass is 614 g/mol. The number of halogens is 4. The first kappa shape index (κ1) is 33.3. The van der Waals surface area contributed by atoms with Gasteiger partial charge in [-0.3, -0.25) is 0 Å². The zero-order valence-electron chi connectivity index (χ0n) is 23.8. The van der Waals surface area contributed by atoms with Gasteiger partial charge in [-0.15, -0.1) is 0 Å². The predicted octanol–water partition coefficient (Wildman–Crippen LogP) is 5.87. The van der Waals surface area contributed by atoms with E-state index in [-0.39, 0.29) is 50.8 Å². The van der Waals surface area contributed by atoms with Crippen molar-refractivity contribution >= 4 is 0 Å². The molecule has 4 aromatic carbocycles. The van der Waals surface area contributed by atoms with Crippen LogP contribution < -0.4 is 0 Å². The molecule has 10 heteroatoms. The Labute approximate surface area is 253 Å². The lowest BCUT2D eigenvalue weighted by Crippen LogP contribution is -2.49. The maximum absolute atomic E-state index is 14.1. The molecule has 6 nitrogen and oxygen atoms in total. The molecule has 0 aliphatic rings. The minimum Gasteiger partial charge on any atom is -0.388 e. The van der Waals surface area contributed by atoms with Gasteiger partial charge in [0.1, 0.15) is 47.7 Å². The van der Waals surface area contributed by atoms with Gasteiger partial charge in [-0.2, -0.15) is 0 Å². The van der Waals surface area contributed by atoms with E-state index in [0.717, 1.165) is 35.4 Å². The minimum absolute atomic E-state index is 0.0689. The number of aliphatic hydroxyl groups excluding tert-OH is 2. The number of ether oxygens (including phenoxy) is 4. The third-order valence-electron chi connectivity index (χ3n) is 6.84. The molecule has 0 bridgehead atoms. The van der Waals surface area contributed by atoms with Crippen LogP contribution in [0.3, 0.4) is 0 Å². The molecule has 0 spiro atoms. The van der Waals surface area contributed by atoms with E-state index in [1.165, 1.54) is 12.1 Å². The number of rotatable bonds is 17. The molecule has 2 N–H and O–H groups in total. The van der Waals surface area contributed by atoms with Crippen LogP contribution in [0.2, 0.25) is 0 Å². The highest BCUT2D eigenvalue weighted by molar-refractivity contribution is 5.19. The first-order valence-electron chi connectivity index (χ1n) is 14.0. The van der Waals surface area contributed by atoms with E-state index in [1.807, 2.05) is 60.7 Å². The molecule has 4 unspecified atom stereocenters. The van der Waals surface area contributed by atoms with E-state index in [1.54, 1.807) is 0 Å². The van der Waals surface area contributed by atoms with Gasteiger partial charge < -0.3 is 29.2 Å². The maximum Gasteiger partial charge on any atom is 0.131 e. The van der Waals surface area contributed by atoms with Crippen LogP contribution in [-0.2, 0) is 45.4 Å². The predicted molar refractivity (Wildman–Crippen MR) is 154 cm³/mol. The average Bonchev–Trinajstić information content (AvgIpc) is 3.02. The summed E-state index contributed by atoms with van der Waals surface area (Å²) in [5, 5.41) is 22.6. The van der Waals surface area contributed by atoms with Crippen molar-refractivity contribution in [2.75, 3.05) is 13.2 Å². The van der Waals surface area contributed by atoms with Gasteiger partial charge in [0.2, 0.25) is 0 Å². The van der Waals surface area contributed by atoms with Gasteiger partial charge in [-0.1, -0.05) is 72.8 Å². The molecule has 0 radical (unpaired) electrons. The summed E-state index contributed by atoms with van der Waals surface area (Å²) in [4.78, 5) is 0. The van der Waals surface area contributed by atoms with Gasteiger partial charge in [0.25, 0.3) is 0 Å². The average molecular weight is 615 g/mol. The second kappa shape index (κ2) is 17.0. The fourth-order valence-electron chi connectivity index (χ4n) is 4.33. The van der Waals surface area contributed by atoms with Crippen LogP contribution in [0.4, 0.5) is 17.6 Å². The quantitative estimate of drug-likeness (QED) is 0.145. The molecule has 4 aromatic rings. The fourth-order valence-corrected chi connectivity index (χ4v) is 4.33. The normalized spacial score (nSPS) is 14.2. The number of aliphatic hydroxyl groups is 2. The lowest BCUT2D eigenvalue weighted by molar-refractivity contribution is -0.170. The van der Waals surface area contributed by atoms with E-state index in [9.17, 15) is 27.8 Å². The van der Waals surface area contributed by atoms with Gasteiger partial charge >= 0.3 is 0 Å². The number of hydrogen-bond donors (Lipinski definition) is 2. The van der Waals surface area contributed by atoms with Gasteiger partial charge in [0.15, 0.2) is 0 Å². The highest BCUT2D eigenvalue weighted by Gasteiger charge is 2.34. The Morgan fingerprint density at radius 1 is 0.500 bits per heavy atom. The summed E-state index contributed by atoms with van der Waals surface area (Å²) in [5.74, 6) is -3.01. The largest absolute Gasteiger partial charge is 0.388 e. The van der Waals surface area contributed by atoms with Crippen molar-refractivity contribution in [1.82, 2.24) is 0 Å². The molecule has 0 aliphatic carbocycles. The molecule has 0 fully saturated rings. The van der Waals surface area contributed by atoms with Crippen LogP contribution >= 0.6 is 0 Å². The molecule has 4 rings (SSSR count). The van der Waals surface area contributed by atoms with Crippen molar-refractivity contribution in [3.05, 3.63) is 143 Å². The van der Waals surface area contributed by atoms with Crippen molar-refractivity contribution in [2.45, 2.75) is 50.8 Å². The molecule has 0 saturated heterocycles. The van der Waals surface area contributed by atoms with Crippen molar-refractivity contribution in [3.8, 4) is 0 Å². The second-order valence-electron chi connectivity index (χ2n) is 10.2. The SMILES string of the molecule is OC(C(COCc1ccc(F)cc1F)OCc1ccccc1)C(O)C(COCc1ccc(F)cc1F)OCc1ccccc1. The van der Waals surface area contributed by atoms with Crippen LogP contribution in [0.15, 0.2) is 97.1 Å². The summed E-state index contributed by atoms with van der Waals surface area (Å²) in [6.07, 6.45) is -5.34. The Kier molecular flexibility index (Phi) is 12.9. The van der Waals surface area contributed by atoms with Crippen LogP contribution in [0.5, 0.6) is 0 Å². The maximum atomic E-state index is 14.1. The highest BCUT2D eigenvalue weighted by Crippen LogP contribution is 2.19. The molecule has 234 valence electrons. The van der Waals surface area contributed by atoms with Crippen LogP contribution in [-0.4, -0.2) is 47.8 Å². The van der Waals surface area contributed by atoms with Crippen LogP contribution in [0.25, 0.3) is 0 Å². The molecule has 0 saturated carbocycles. The van der Waals surface area contributed by atoms with Gasteiger partial charge in [-0.25, -0.2) is 17.6 Å². The Morgan fingerprint density at radius 2 is 0.886 bits per heavy atom. The highest BCUT2D eigenvalue weighted by atomic mass is 19.1. The summed E-state index contributed by atoms with van der Waals surface area (Å²) in [7, 11) is 0. The standard InChI is InChI=1S/C34H34F4O6/c35-27-13-11-25(29(37)15-27)19-41-21-31(43-17-23-7-3-1-4-8-23)33(39)34(40)32(44-18-24-9-5-2-6-10-24)22-42-20-26-12-14-28(36)16-30(26)38/h1-16,31-34,39-40H,17-22H2. The van der Waals surface area contributed by atoms with E-state index in [4.69, 9.17) is 18.9 Å². The van der Waals surface area contributed by atoms with E-state index in [2.05, 4.69) is 0 Å². The molecule has 44 heavy (non-hydrogen) atoms. The summed E-state index contributed by atoms with van der Waals surface area (Å²) < 4.78 is 78.0. The summed E-state index contributed by atoms with van der Waals surface area (Å²) in [6, 6.07) is 24.5. The molecule has 0 aliphatic heterocycles. The van der Waals surface area contributed by atoms with E-state index < -0.39 is 47.7 Å². The smallest absolute Gasteiger partial charge is 0.131 e. The minimum atomic E-state index is -1.57. The Balaban J connectivity index is 1.45. The van der Waals surface area contributed by atoms with Crippen molar-refractivity contribution in [1.29, 1.82) is 0 Å². The lowest BCUT2D eigenvalue weighted by Gasteiger charge is -2.32. The first-order chi connectivity index (χ1) is 21.3. The number of hydrogen-bond acceptors (Lipinski definition) is 6. The molecule has 0 amide bonds. The molecule has 0 aromatic heterocycles. The third kappa shape index (κ3) is 10.2. The zero-order valence-corrected chi connectivity index (χ0v) is 23.8. The summed E-state index contributed by atoms with van der Waals surface area (Å²) >= 11 is 0. The Bertz CT molecular complexity index is 1320. The van der Waals surface area contributed by atoms with Gasteiger partial charge in [-0.05, 0) is 23.3 Å². The molecular formula is C34H34F4O6. The topological polar surface area (TPSA) is 77.4 Å². The van der Waals surface area contributed by atoms with Crippen LogP contribution in [0.1, 0.15) is 22.3 Å². The Morgan fingerprint density at radius 3 is 1.25 bits per heavy atom. The molecule has 4 atom stereocenters. The second-order valence-corrected chi connectivity index (χ2v) is 10.2. The third-order valence-corrected chi connectivity index (χ3v) is 6.84. The molecular weight excluding hydrogens is 580 g/mol. The van der Waals surface area contributed by atoms with Gasteiger partial charge in [0.05, 0.1) is 39.6 Å².